The van der Waals surface area contributed by atoms with Gasteiger partial charge in [-0.1, -0.05) is 91.0 Å². The second-order valence-corrected chi connectivity index (χ2v) is 7.30. The van der Waals surface area contributed by atoms with Crippen molar-refractivity contribution in [1.29, 1.82) is 0 Å². The standard InChI is InChI=1S/C24H19NO2/c26-22-20-21(23(27)25(22)16-17-10-4-1-5-11-17)24(20,18-12-6-2-7-13-18)19-14-8-3-9-15-19/h1-15,20-21H,16H2/t20-,21-/m1/s1. The molecule has 1 aliphatic heterocycles. The van der Waals surface area contributed by atoms with E-state index in [9.17, 15) is 9.59 Å². The first-order chi connectivity index (χ1) is 13.2. The normalized spacial score (nSPS) is 22.6. The van der Waals surface area contributed by atoms with E-state index in [-0.39, 0.29) is 23.7 Å². The number of likely N-dealkylation sites (tertiary alicyclic amines) is 1. The third-order valence-corrected chi connectivity index (χ3v) is 5.96. The molecule has 132 valence electrons. The van der Waals surface area contributed by atoms with Gasteiger partial charge in [-0.05, 0) is 16.7 Å². The highest BCUT2D eigenvalue weighted by Crippen LogP contribution is 2.68. The Labute approximate surface area is 158 Å². The molecule has 5 rings (SSSR count). The molecule has 2 fully saturated rings. The van der Waals surface area contributed by atoms with Crippen LogP contribution in [0.2, 0.25) is 0 Å². The maximum absolute atomic E-state index is 13.2. The van der Waals surface area contributed by atoms with Gasteiger partial charge in [0.2, 0.25) is 11.8 Å². The monoisotopic (exact) mass is 353 g/mol. The molecular formula is C24H19NO2. The Bertz CT molecular complexity index is 935. The zero-order chi connectivity index (χ0) is 18.4. The number of amides is 2. The number of rotatable bonds is 4. The predicted octanol–water partition coefficient (Wildman–Crippen LogP) is 3.79. The van der Waals surface area contributed by atoms with Crippen LogP contribution in [0, 0.1) is 11.8 Å². The van der Waals surface area contributed by atoms with Gasteiger partial charge in [-0.25, -0.2) is 0 Å². The Hall–Kier alpha value is -3.20. The number of hydrogen-bond donors (Lipinski definition) is 0. The summed E-state index contributed by atoms with van der Waals surface area (Å²) in [7, 11) is 0. The van der Waals surface area contributed by atoms with Crippen LogP contribution in [-0.2, 0) is 21.5 Å². The Morgan fingerprint density at radius 2 is 1.04 bits per heavy atom. The first kappa shape index (κ1) is 16.0. The van der Waals surface area contributed by atoms with E-state index in [0.717, 1.165) is 16.7 Å². The molecule has 0 unspecified atom stereocenters. The predicted molar refractivity (Wildman–Crippen MR) is 103 cm³/mol. The number of nitrogens with zero attached hydrogens (tertiary/aromatic N) is 1. The summed E-state index contributed by atoms with van der Waals surface area (Å²) in [6.45, 7) is 0.352. The highest BCUT2D eigenvalue weighted by molar-refractivity contribution is 6.12. The van der Waals surface area contributed by atoms with Crippen molar-refractivity contribution in [1.82, 2.24) is 4.90 Å². The molecule has 2 aliphatic rings. The van der Waals surface area contributed by atoms with Crippen LogP contribution in [0.4, 0.5) is 0 Å². The lowest BCUT2D eigenvalue weighted by molar-refractivity contribution is -0.142. The van der Waals surface area contributed by atoms with Crippen LogP contribution in [0.25, 0.3) is 0 Å². The molecule has 1 aliphatic carbocycles. The average molecular weight is 353 g/mol. The van der Waals surface area contributed by atoms with Crippen LogP contribution in [0.1, 0.15) is 16.7 Å². The van der Waals surface area contributed by atoms with Crippen LogP contribution in [0.15, 0.2) is 91.0 Å². The average Bonchev–Trinajstić information content (AvgIpc) is 3.38. The Morgan fingerprint density at radius 3 is 1.48 bits per heavy atom. The maximum atomic E-state index is 13.2. The molecule has 0 N–H and O–H groups in total. The zero-order valence-electron chi connectivity index (χ0n) is 14.8. The van der Waals surface area contributed by atoms with E-state index in [4.69, 9.17) is 0 Å². The second kappa shape index (κ2) is 5.92. The van der Waals surface area contributed by atoms with Crippen molar-refractivity contribution in [3.8, 4) is 0 Å². The molecule has 1 saturated heterocycles. The van der Waals surface area contributed by atoms with Gasteiger partial charge in [-0.15, -0.1) is 0 Å². The Morgan fingerprint density at radius 1 is 0.630 bits per heavy atom. The molecule has 3 aromatic carbocycles. The summed E-state index contributed by atoms with van der Waals surface area (Å²) in [4.78, 5) is 27.9. The molecule has 3 heteroatoms. The summed E-state index contributed by atoms with van der Waals surface area (Å²) < 4.78 is 0. The third kappa shape index (κ3) is 2.21. The van der Waals surface area contributed by atoms with E-state index in [0.29, 0.717) is 6.54 Å². The minimum absolute atomic E-state index is 0.0541. The molecule has 1 saturated carbocycles. The minimum Gasteiger partial charge on any atom is -0.278 e. The lowest BCUT2D eigenvalue weighted by Gasteiger charge is -2.26. The fourth-order valence-corrected chi connectivity index (χ4v) is 4.74. The largest absolute Gasteiger partial charge is 0.278 e. The molecule has 2 amide bonds. The van der Waals surface area contributed by atoms with Gasteiger partial charge >= 0.3 is 0 Å². The van der Waals surface area contributed by atoms with Gasteiger partial charge in [-0.3, -0.25) is 14.5 Å². The molecule has 0 aromatic heterocycles. The number of benzene rings is 3. The van der Waals surface area contributed by atoms with Crippen LogP contribution in [0.3, 0.4) is 0 Å². The fourth-order valence-electron chi connectivity index (χ4n) is 4.74. The molecule has 3 aromatic rings. The number of fused-ring (bicyclic) bond motifs is 1. The van der Waals surface area contributed by atoms with Gasteiger partial charge < -0.3 is 0 Å². The van der Waals surface area contributed by atoms with Gasteiger partial charge in [0, 0.05) is 5.41 Å². The van der Waals surface area contributed by atoms with Gasteiger partial charge in [-0.2, -0.15) is 0 Å². The van der Waals surface area contributed by atoms with E-state index < -0.39 is 5.41 Å². The quantitative estimate of drug-likeness (QED) is 0.669. The van der Waals surface area contributed by atoms with E-state index in [1.54, 1.807) is 0 Å². The van der Waals surface area contributed by atoms with Crippen LogP contribution in [-0.4, -0.2) is 16.7 Å². The van der Waals surface area contributed by atoms with E-state index in [2.05, 4.69) is 0 Å². The van der Waals surface area contributed by atoms with E-state index in [1.807, 2.05) is 91.0 Å². The number of carbonyl (C=O) groups is 2. The molecular weight excluding hydrogens is 334 g/mol. The summed E-state index contributed by atoms with van der Waals surface area (Å²) >= 11 is 0. The van der Waals surface area contributed by atoms with Gasteiger partial charge in [0.1, 0.15) is 0 Å². The highest BCUT2D eigenvalue weighted by atomic mass is 16.2. The van der Waals surface area contributed by atoms with Crippen molar-refractivity contribution >= 4 is 11.8 Å². The lowest BCUT2D eigenvalue weighted by Crippen LogP contribution is -2.38. The van der Waals surface area contributed by atoms with Crippen LogP contribution < -0.4 is 0 Å². The fraction of sp³-hybridized carbons (Fsp3) is 0.167. The molecule has 1 heterocycles. The maximum Gasteiger partial charge on any atom is 0.234 e. The molecule has 27 heavy (non-hydrogen) atoms. The molecule has 0 spiro atoms. The van der Waals surface area contributed by atoms with Crippen molar-refractivity contribution in [3.63, 3.8) is 0 Å². The van der Waals surface area contributed by atoms with E-state index in [1.165, 1.54) is 4.90 Å². The van der Waals surface area contributed by atoms with E-state index >= 15 is 0 Å². The van der Waals surface area contributed by atoms with Crippen molar-refractivity contribution in [2.45, 2.75) is 12.0 Å². The second-order valence-electron chi connectivity index (χ2n) is 7.30. The summed E-state index contributed by atoms with van der Waals surface area (Å²) in [5.74, 6) is -0.722. The van der Waals surface area contributed by atoms with Gasteiger partial charge in [0.05, 0.1) is 18.4 Å². The number of hydrogen-bond acceptors (Lipinski definition) is 2. The smallest absolute Gasteiger partial charge is 0.234 e. The van der Waals surface area contributed by atoms with Gasteiger partial charge in [0.15, 0.2) is 0 Å². The summed E-state index contributed by atoms with van der Waals surface area (Å²) in [6.07, 6.45) is 0. The highest BCUT2D eigenvalue weighted by Gasteiger charge is 2.78. The van der Waals surface area contributed by atoms with Crippen molar-refractivity contribution < 1.29 is 9.59 Å². The molecule has 0 radical (unpaired) electrons. The zero-order valence-corrected chi connectivity index (χ0v) is 14.8. The SMILES string of the molecule is O=C1[C@H]2[C@H](C(=O)N1Cc1ccccc1)C2(c1ccccc1)c1ccccc1. The van der Waals surface area contributed by atoms with Crippen LogP contribution in [0.5, 0.6) is 0 Å². The number of piperidine rings is 1. The van der Waals surface area contributed by atoms with Crippen LogP contribution >= 0.6 is 0 Å². The summed E-state index contributed by atoms with van der Waals surface area (Å²) in [5, 5.41) is 0. The van der Waals surface area contributed by atoms with Crippen molar-refractivity contribution in [3.05, 3.63) is 108 Å². The topological polar surface area (TPSA) is 37.4 Å². The van der Waals surface area contributed by atoms with Gasteiger partial charge in [0.25, 0.3) is 0 Å². The summed E-state index contributed by atoms with van der Waals surface area (Å²) in [5.41, 5.74) is 2.55. The van der Waals surface area contributed by atoms with Crippen molar-refractivity contribution in [2.24, 2.45) is 11.8 Å². The Balaban J connectivity index is 1.55. The third-order valence-electron chi connectivity index (χ3n) is 5.96. The first-order valence-corrected chi connectivity index (χ1v) is 9.25. The van der Waals surface area contributed by atoms with Crippen molar-refractivity contribution in [2.75, 3.05) is 0 Å². The Kier molecular flexibility index (Phi) is 3.51. The summed E-state index contributed by atoms with van der Waals surface area (Å²) in [6, 6.07) is 29.7. The molecule has 2 atom stereocenters. The number of imide groups is 1. The number of carbonyl (C=O) groups excluding carboxylic acids is 2. The lowest BCUT2D eigenvalue weighted by atomic mass is 9.83. The molecule has 0 bridgehead atoms. The minimum atomic E-state index is -0.524. The first-order valence-electron chi connectivity index (χ1n) is 9.25. The molecule has 3 nitrogen and oxygen atoms in total.